The fraction of sp³-hybridized carbons (Fsp3) is 0.625. The standard InChI is InChI=1S/C8H11N5S/c9-2-1-7-11-8(12-14-7)13-5-3-10-4-6-13/h10H,1,3-6H2. The first-order chi connectivity index (χ1) is 6.90. The molecule has 0 saturated carbocycles. The smallest absolute Gasteiger partial charge is 0.237 e. The number of nitriles is 1. The van der Waals surface area contributed by atoms with Gasteiger partial charge in [0, 0.05) is 26.2 Å². The number of nitrogens with one attached hydrogen (secondary N) is 1. The van der Waals surface area contributed by atoms with Crippen molar-refractivity contribution in [3.05, 3.63) is 5.01 Å². The average Bonchev–Trinajstić information content (AvgIpc) is 2.68. The van der Waals surface area contributed by atoms with Crippen LogP contribution in [0.4, 0.5) is 5.95 Å². The van der Waals surface area contributed by atoms with E-state index in [-0.39, 0.29) is 0 Å². The maximum absolute atomic E-state index is 8.50. The molecule has 0 aliphatic carbocycles. The van der Waals surface area contributed by atoms with Crippen LogP contribution in [0.15, 0.2) is 0 Å². The first-order valence-corrected chi connectivity index (χ1v) is 5.32. The van der Waals surface area contributed by atoms with Gasteiger partial charge in [0.2, 0.25) is 5.95 Å². The van der Waals surface area contributed by atoms with Gasteiger partial charge in [0.25, 0.3) is 0 Å². The maximum Gasteiger partial charge on any atom is 0.237 e. The number of nitrogens with zero attached hydrogens (tertiary/aromatic N) is 4. The van der Waals surface area contributed by atoms with Crippen LogP contribution in [0.3, 0.4) is 0 Å². The largest absolute Gasteiger partial charge is 0.338 e. The third-order valence-electron chi connectivity index (χ3n) is 2.09. The van der Waals surface area contributed by atoms with Crippen LogP contribution in [0.5, 0.6) is 0 Å². The number of anilines is 1. The van der Waals surface area contributed by atoms with Crippen molar-refractivity contribution < 1.29 is 0 Å². The van der Waals surface area contributed by atoms with Crippen LogP contribution in [0.1, 0.15) is 5.01 Å². The van der Waals surface area contributed by atoms with E-state index in [1.54, 1.807) is 0 Å². The molecule has 0 amide bonds. The Bertz CT molecular complexity index is 336. The van der Waals surface area contributed by atoms with E-state index in [9.17, 15) is 0 Å². The van der Waals surface area contributed by atoms with E-state index in [0.29, 0.717) is 6.42 Å². The molecule has 14 heavy (non-hydrogen) atoms. The lowest BCUT2D eigenvalue weighted by molar-refractivity contribution is 0.581. The fourth-order valence-corrected chi connectivity index (χ4v) is 1.97. The SMILES string of the molecule is N#CCc1nc(N2CCNCC2)ns1. The number of hydrogen-bond donors (Lipinski definition) is 1. The van der Waals surface area contributed by atoms with E-state index in [1.807, 2.05) is 0 Å². The summed E-state index contributed by atoms with van der Waals surface area (Å²) in [7, 11) is 0. The summed E-state index contributed by atoms with van der Waals surface area (Å²) in [5.41, 5.74) is 0. The minimum absolute atomic E-state index is 0.365. The molecule has 1 N–H and O–H groups in total. The highest BCUT2D eigenvalue weighted by Crippen LogP contribution is 2.14. The zero-order chi connectivity index (χ0) is 9.80. The lowest BCUT2D eigenvalue weighted by Crippen LogP contribution is -2.44. The Morgan fingerprint density at radius 1 is 1.50 bits per heavy atom. The van der Waals surface area contributed by atoms with E-state index in [0.717, 1.165) is 37.1 Å². The van der Waals surface area contributed by atoms with E-state index < -0.39 is 0 Å². The summed E-state index contributed by atoms with van der Waals surface area (Å²) in [6, 6.07) is 2.08. The average molecular weight is 209 g/mol. The predicted octanol–water partition coefficient (Wildman–Crippen LogP) is 0.0138. The summed E-state index contributed by atoms with van der Waals surface area (Å²) in [4.78, 5) is 6.45. The van der Waals surface area contributed by atoms with Gasteiger partial charge in [-0.3, -0.25) is 0 Å². The molecule has 2 rings (SSSR count). The van der Waals surface area contributed by atoms with Gasteiger partial charge in [-0.05, 0) is 11.5 Å². The highest BCUT2D eigenvalue weighted by Gasteiger charge is 2.14. The Morgan fingerprint density at radius 3 is 3.00 bits per heavy atom. The number of hydrogen-bond acceptors (Lipinski definition) is 6. The molecule has 0 atom stereocenters. The Hall–Kier alpha value is -1.19. The summed E-state index contributed by atoms with van der Waals surface area (Å²) in [5, 5.41) is 12.6. The van der Waals surface area contributed by atoms with Crippen LogP contribution in [0.25, 0.3) is 0 Å². The van der Waals surface area contributed by atoms with Crippen molar-refractivity contribution in [2.75, 3.05) is 31.1 Å². The molecule has 0 bridgehead atoms. The van der Waals surface area contributed by atoms with Crippen molar-refractivity contribution in [2.45, 2.75) is 6.42 Å². The molecule has 1 aromatic rings. The van der Waals surface area contributed by atoms with Gasteiger partial charge in [-0.1, -0.05) is 0 Å². The van der Waals surface area contributed by atoms with Gasteiger partial charge in [-0.2, -0.15) is 9.64 Å². The molecule has 74 valence electrons. The van der Waals surface area contributed by atoms with Crippen molar-refractivity contribution >= 4 is 17.5 Å². The minimum atomic E-state index is 0.365. The lowest BCUT2D eigenvalue weighted by Gasteiger charge is -2.25. The lowest BCUT2D eigenvalue weighted by atomic mass is 10.4. The van der Waals surface area contributed by atoms with E-state index in [1.165, 1.54) is 11.5 Å². The fourth-order valence-electron chi connectivity index (χ4n) is 1.38. The zero-order valence-corrected chi connectivity index (χ0v) is 8.55. The number of aromatic nitrogens is 2. The van der Waals surface area contributed by atoms with E-state index in [2.05, 4.69) is 25.6 Å². The van der Waals surface area contributed by atoms with Crippen molar-refractivity contribution in [3.8, 4) is 6.07 Å². The van der Waals surface area contributed by atoms with Gasteiger partial charge < -0.3 is 10.2 Å². The molecule has 2 heterocycles. The topological polar surface area (TPSA) is 64.8 Å². The van der Waals surface area contributed by atoms with Gasteiger partial charge in [-0.25, -0.2) is 4.98 Å². The molecular formula is C8H11N5S. The summed E-state index contributed by atoms with van der Waals surface area (Å²) in [6.45, 7) is 3.85. The molecule has 0 spiro atoms. The first-order valence-electron chi connectivity index (χ1n) is 4.55. The zero-order valence-electron chi connectivity index (χ0n) is 7.73. The third-order valence-corrected chi connectivity index (χ3v) is 2.79. The Labute approximate surface area is 86.5 Å². The maximum atomic E-state index is 8.50. The van der Waals surface area contributed by atoms with Crippen LogP contribution < -0.4 is 10.2 Å². The predicted molar refractivity (Wildman–Crippen MR) is 54.3 cm³/mol. The molecule has 1 fully saturated rings. The molecule has 1 aliphatic rings. The number of piperazine rings is 1. The molecule has 6 heteroatoms. The monoisotopic (exact) mass is 209 g/mol. The Kier molecular flexibility index (Phi) is 2.91. The molecule has 0 aromatic carbocycles. The van der Waals surface area contributed by atoms with E-state index >= 15 is 0 Å². The Balaban J connectivity index is 2.04. The van der Waals surface area contributed by atoms with Crippen LogP contribution in [-0.2, 0) is 6.42 Å². The van der Waals surface area contributed by atoms with Gasteiger partial charge in [0.15, 0.2) is 0 Å². The van der Waals surface area contributed by atoms with Crippen LogP contribution in [0.2, 0.25) is 0 Å². The molecule has 5 nitrogen and oxygen atoms in total. The quantitative estimate of drug-likeness (QED) is 0.743. The second-order valence-corrected chi connectivity index (χ2v) is 3.90. The molecular weight excluding hydrogens is 198 g/mol. The van der Waals surface area contributed by atoms with Crippen molar-refractivity contribution in [3.63, 3.8) is 0 Å². The molecule has 0 unspecified atom stereocenters. The van der Waals surface area contributed by atoms with Gasteiger partial charge in [-0.15, -0.1) is 0 Å². The summed E-state index contributed by atoms with van der Waals surface area (Å²) in [5.74, 6) is 0.779. The third kappa shape index (κ3) is 2.00. The van der Waals surface area contributed by atoms with Crippen LogP contribution in [-0.4, -0.2) is 35.5 Å². The van der Waals surface area contributed by atoms with Crippen molar-refractivity contribution in [2.24, 2.45) is 0 Å². The highest BCUT2D eigenvalue weighted by molar-refractivity contribution is 7.05. The Morgan fingerprint density at radius 2 is 2.29 bits per heavy atom. The van der Waals surface area contributed by atoms with E-state index in [4.69, 9.17) is 5.26 Å². The number of rotatable bonds is 2. The van der Waals surface area contributed by atoms with Crippen LogP contribution >= 0.6 is 11.5 Å². The summed E-state index contributed by atoms with van der Waals surface area (Å²) in [6.07, 6.45) is 0.365. The summed E-state index contributed by atoms with van der Waals surface area (Å²) < 4.78 is 4.24. The first kappa shape index (κ1) is 9.37. The van der Waals surface area contributed by atoms with Gasteiger partial charge >= 0.3 is 0 Å². The molecule has 0 radical (unpaired) electrons. The molecule has 1 aliphatic heterocycles. The van der Waals surface area contributed by atoms with Gasteiger partial charge in [0.05, 0.1) is 12.5 Å². The normalized spacial score (nSPS) is 16.6. The van der Waals surface area contributed by atoms with Crippen molar-refractivity contribution in [1.29, 1.82) is 5.26 Å². The second kappa shape index (κ2) is 4.35. The molecule has 1 saturated heterocycles. The highest BCUT2D eigenvalue weighted by atomic mass is 32.1. The van der Waals surface area contributed by atoms with Crippen molar-refractivity contribution in [1.82, 2.24) is 14.7 Å². The minimum Gasteiger partial charge on any atom is -0.338 e. The molecule has 1 aromatic heterocycles. The van der Waals surface area contributed by atoms with Gasteiger partial charge in [0.1, 0.15) is 5.01 Å². The second-order valence-electron chi connectivity index (χ2n) is 3.06. The summed E-state index contributed by atoms with van der Waals surface area (Å²) >= 11 is 1.32. The van der Waals surface area contributed by atoms with Crippen LogP contribution in [0, 0.1) is 11.3 Å².